The van der Waals surface area contributed by atoms with Crippen LogP contribution in [0.4, 0.5) is 0 Å². The second-order valence-corrected chi connectivity index (χ2v) is 5.17. The largest absolute Gasteiger partial charge is 0.490 e. The Hall–Kier alpha value is -1.55. The number of amides is 1. The molecular formula is C14H20N2O2. The Balaban J connectivity index is 2.04. The minimum atomic E-state index is -0.910. The zero-order valence-corrected chi connectivity index (χ0v) is 10.7. The molecule has 2 rings (SSSR count). The van der Waals surface area contributed by atoms with Crippen LogP contribution in [0, 0.1) is 6.92 Å². The van der Waals surface area contributed by atoms with Crippen molar-refractivity contribution in [1.82, 2.24) is 0 Å². The van der Waals surface area contributed by atoms with Crippen LogP contribution in [0.15, 0.2) is 24.3 Å². The molecule has 1 aromatic rings. The standard InChI is InChI=1S/C14H20N2O2/c1-10-4-2-5-11(8-10)18-12-6-3-7-14(16,9-12)13(15)17/h2,4-5,8,12H,3,6-7,9,16H2,1H3,(H2,15,17). The van der Waals surface area contributed by atoms with Crippen LogP contribution in [0.3, 0.4) is 0 Å². The van der Waals surface area contributed by atoms with Crippen LogP contribution in [0.2, 0.25) is 0 Å². The summed E-state index contributed by atoms with van der Waals surface area (Å²) in [5.74, 6) is 0.397. The zero-order chi connectivity index (χ0) is 13.2. The summed E-state index contributed by atoms with van der Waals surface area (Å²) in [6.45, 7) is 2.02. The Kier molecular flexibility index (Phi) is 3.57. The number of benzene rings is 1. The first-order valence-electron chi connectivity index (χ1n) is 6.32. The Labute approximate surface area is 107 Å². The molecule has 2 unspecified atom stereocenters. The van der Waals surface area contributed by atoms with Crippen molar-refractivity contribution in [1.29, 1.82) is 0 Å². The van der Waals surface area contributed by atoms with Crippen molar-refractivity contribution in [2.24, 2.45) is 11.5 Å². The van der Waals surface area contributed by atoms with E-state index in [1.54, 1.807) is 0 Å². The molecule has 2 atom stereocenters. The number of aryl methyl sites for hydroxylation is 1. The molecule has 0 bridgehead atoms. The van der Waals surface area contributed by atoms with Gasteiger partial charge in [0.05, 0.1) is 5.54 Å². The fourth-order valence-electron chi connectivity index (χ4n) is 2.46. The van der Waals surface area contributed by atoms with E-state index in [2.05, 4.69) is 0 Å². The molecule has 18 heavy (non-hydrogen) atoms. The second kappa shape index (κ2) is 4.98. The Bertz CT molecular complexity index is 447. The van der Waals surface area contributed by atoms with Crippen molar-refractivity contribution in [2.45, 2.75) is 44.2 Å². The Morgan fingerprint density at radius 3 is 2.94 bits per heavy atom. The molecular weight excluding hydrogens is 228 g/mol. The van der Waals surface area contributed by atoms with E-state index in [4.69, 9.17) is 16.2 Å². The van der Waals surface area contributed by atoms with Gasteiger partial charge < -0.3 is 16.2 Å². The van der Waals surface area contributed by atoms with Crippen LogP contribution in [-0.2, 0) is 4.79 Å². The maximum absolute atomic E-state index is 11.4. The highest BCUT2D eigenvalue weighted by molar-refractivity contribution is 5.84. The molecule has 1 aliphatic carbocycles. The van der Waals surface area contributed by atoms with Crippen molar-refractivity contribution in [3.8, 4) is 5.75 Å². The van der Waals surface area contributed by atoms with Crippen LogP contribution in [0.25, 0.3) is 0 Å². The number of rotatable bonds is 3. The topological polar surface area (TPSA) is 78.3 Å². The molecule has 98 valence electrons. The van der Waals surface area contributed by atoms with Crippen LogP contribution in [0.5, 0.6) is 5.75 Å². The molecule has 4 heteroatoms. The normalized spacial score (nSPS) is 27.8. The molecule has 1 saturated carbocycles. The molecule has 1 amide bonds. The third-order valence-electron chi connectivity index (χ3n) is 3.52. The van der Waals surface area contributed by atoms with Gasteiger partial charge in [0.25, 0.3) is 0 Å². The van der Waals surface area contributed by atoms with E-state index in [-0.39, 0.29) is 6.10 Å². The van der Waals surface area contributed by atoms with Crippen molar-refractivity contribution in [3.63, 3.8) is 0 Å². The highest BCUT2D eigenvalue weighted by atomic mass is 16.5. The van der Waals surface area contributed by atoms with Crippen LogP contribution in [0.1, 0.15) is 31.2 Å². The zero-order valence-electron chi connectivity index (χ0n) is 10.7. The number of carbonyl (C=O) groups excluding carboxylic acids is 1. The summed E-state index contributed by atoms with van der Waals surface area (Å²) in [7, 11) is 0. The number of ether oxygens (including phenoxy) is 1. The molecule has 0 radical (unpaired) electrons. The third-order valence-corrected chi connectivity index (χ3v) is 3.52. The average molecular weight is 248 g/mol. The van der Waals surface area contributed by atoms with Gasteiger partial charge in [-0.15, -0.1) is 0 Å². The van der Waals surface area contributed by atoms with Gasteiger partial charge in [-0.05, 0) is 43.9 Å². The first-order chi connectivity index (χ1) is 8.49. The Morgan fingerprint density at radius 1 is 1.50 bits per heavy atom. The predicted octanol–water partition coefficient (Wildman–Crippen LogP) is 1.50. The summed E-state index contributed by atoms with van der Waals surface area (Å²) in [6.07, 6.45) is 2.90. The molecule has 0 aromatic heterocycles. The molecule has 1 fully saturated rings. The molecule has 4 nitrogen and oxygen atoms in total. The molecule has 0 spiro atoms. The molecule has 1 aliphatic rings. The van der Waals surface area contributed by atoms with Gasteiger partial charge in [-0.1, -0.05) is 12.1 Å². The van der Waals surface area contributed by atoms with E-state index in [1.165, 1.54) is 0 Å². The molecule has 1 aromatic carbocycles. The lowest BCUT2D eigenvalue weighted by molar-refractivity contribution is -0.125. The maximum Gasteiger partial charge on any atom is 0.237 e. The summed E-state index contributed by atoms with van der Waals surface area (Å²) in [6, 6.07) is 7.88. The number of hydrogen-bond acceptors (Lipinski definition) is 3. The van der Waals surface area contributed by atoms with E-state index < -0.39 is 11.4 Å². The fourth-order valence-corrected chi connectivity index (χ4v) is 2.46. The molecule has 0 heterocycles. The number of primary amides is 1. The number of nitrogens with two attached hydrogens (primary N) is 2. The van der Waals surface area contributed by atoms with Gasteiger partial charge in [0.15, 0.2) is 0 Å². The third kappa shape index (κ3) is 2.82. The van der Waals surface area contributed by atoms with E-state index in [0.717, 1.165) is 24.2 Å². The lowest BCUT2D eigenvalue weighted by Crippen LogP contribution is -2.56. The van der Waals surface area contributed by atoms with E-state index >= 15 is 0 Å². The summed E-state index contributed by atoms with van der Waals surface area (Å²) < 4.78 is 5.89. The monoisotopic (exact) mass is 248 g/mol. The minimum Gasteiger partial charge on any atom is -0.490 e. The highest BCUT2D eigenvalue weighted by Crippen LogP contribution is 2.29. The molecule has 0 aliphatic heterocycles. The first kappa shape index (κ1) is 12.9. The maximum atomic E-state index is 11.4. The highest BCUT2D eigenvalue weighted by Gasteiger charge is 2.38. The van der Waals surface area contributed by atoms with Gasteiger partial charge in [0.2, 0.25) is 5.91 Å². The van der Waals surface area contributed by atoms with Gasteiger partial charge >= 0.3 is 0 Å². The average Bonchev–Trinajstić information content (AvgIpc) is 2.29. The van der Waals surface area contributed by atoms with Crippen molar-refractivity contribution in [3.05, 3.63) is 29.8 Å². The predicted molar refractivity (Wildman–Crippen MR) is 70.2 cm³/mol. The number of carbonyl (C=O) groups is 1. The van der Waals surface area contributed by atoms with Gasteiger partial charge in [0.1, 0.15) is 11.9 Å². The first-order valence-corrected chi connectivity index (χ1v) is 6.32. The van der Waals surface area contributed by atoms with Crippen molar-refractivity contribution in [2.75, 3.05) is 0 Å². The van der Waals surface area contributed by atoms with E-state index in [0.29, 0.717) is 12.8 Å². The summed E-state index contributed by atoms with van der Waals surface area (Å²) in [5.41, 5.74) is 11.6. The summed E-state index contributed by atoms with van der Waals surface area (Å²) in [5, 5.41) is 0. The smallest absolute Gasteiger partial charge is 0.237 e. The van der Waals surface area contributed by atoms with Gasteiger partial charge in [-0.25, -0.2) is 0 Å². The quantitative estimate of drug-likeness (QED) is 0.850. The lowest BCUT2D eigenvalue weighted by atomic mass is 9.80. The van der Waals surface area contributed by atoms with Gasteiger partial charge in [-0.2, -0.15) is 0 Å². The van der Waals surface area contributed by atoms with E-state index in [9.17, 15) is 4.79 Å². The minimum absolute atomic E-state index is 0.0296. The number of hydrogen-bond donors (Lipinski definition) is 2. The molecule has 4 N–H and O–H groups in total. The summed E-state index contributed by atoms with van der Waals surface area (Å²) in [4.78, 5) is 11.4. The second-order valence-electron chi connectivity index (χ2n) is 5.17. The molecule has 0 saturated heterocycles. The van der Waals surface area contributed by atoms with Crippen LogP contribution >= 0.6 is 0 Å². The van der Waals surface area contributed by atoms with Gasteiger partial charge in [-0.3, -0.25) is 4.79 Å². The van der Waals surface area contributed by atoms with Crippen molar-refractivity contribution >= 4 is 5.91 Å². The van der Waals surface area contributed by atoms with E-state index in [1.807, 2.05) is 31.2 Å². The Morgan fingerprint density at radius 2 is 2.28 bits per heavy atom. The lowest BCUT2D eigenvalue weighted by Gasteiger charge is -2.35. The SMILES string of the molecule is Cc1cccc(OC2CCCC(N)(C(N)=O)C2)c1. The van der Waals surface area contributed by atoms with Crippen LogP contribution in [-0.4, -0.2) is 17.6 Å². The van der Waals surface area contributed by atoms with Crippen molar-refractivity contribution < 1.29 is 9.53 Å². The summed E-state index contributed by atoms with van der Waals surface area (Å²) >= 11 is 0. The van der Waals surface area contributed by atoms with Gasteiger partial charge in [0, 0.05) is 6.42 Å². The van der Waals surface area contributed by atoms with Crippen LogP contribution < -0.4 is 16.2 Å². The fraction of sp³-hybridized carbons (Fsp3) is 0.500.